The summed E-state index contributed by atoms with van der Waals surface area (Å²) >= 11 is 12.6. The second-order valence-corrected chi connectivity index (χ2v) is 10.4. The average Bonchev–Trinajstić information content (AvgIpc) is 3.16. The van der Waals surface area contributed by atoms with E-state index < -0.39 is 16.1 Å². The zero-order valence-electron chi connectivity index (χ0n) is 17.2. The minimum Gasteiger partial charge on any atom is -0.497 e. The first-order valence-corrected chi connectivity index (χ1v) is 12.3. The monoisotopic (exact) mass is 486 g/mol. The van der Waals surface area contributed by atoms with Gasteiger partial charge in [-0.25, -0.2) is 8.42 Å². The van der Waals surface area contributed by atoms with E-state index in [0.717, 1.165) is 27.7 Å². The van der Waals surface area contributed by atoms with Gasteiger partial charge in [-0.3, -0.25) is 0 Å². The average molecular weight is 487 g/mol. The van der Waals surface area contributed by atoms with Crippen molar-refractivity contribution in [2.24, 2.45) is 0 Å². The Kier molecular flexibility index (Phi) is 5.42. The lowest BCUT2D eigenvalue weighted by atomic mass is 9.94. The summed E-state index contributed by atoms with van der Waals surface area (Å²) < 4.78 is 34.4. The molecule has 1 atom stereocenters. The van der Waals surface area contributed by atoms with Crippen molar-refractivity contribution in [3.63, 3.8) is 0 Å². The fourth-order valence-corrected chi connectivity index (χ4v) is 6.65. The van der Waals surface area contributed by atoms with Crippen LogP contribution in [0.25, 0.3) is 10.9 Å². The molecule has 164 valence electrons. The van der Waals surface area contributed by atoms with Crippen LogP contribution in [-0.2, 0) is 16.4 Å². The Balaban J connectivity index is 1.72. The molecule has 5 rings (SSSR count). The Morgan fingerprint density at radius 3 is 2.50 bits per heavy atom. The van der Waals surface area contributed by atoms with Gasteiger partial charge in [0, 0.05) is 28.2 Å². The molecule has 0 fully saturated rings. The molecule has 1 aliphatic heterocycles. The lowest BCUT2D eigenvalue weighted by Gasteiger charge is -2.35. The smallest absolute Gasteiger partial charge is 0.245 e. The molecule has 0 spiro atoms. The van der Waals surface area contributed by atoms with Gasteiger partial charge in [-0.15, -0.1) is 0 Å². The lowest BCUT2D eigenvalue weighted by molar-refractivity contribution is 0.340. The number of hydrogen-bond donors (Lipinski definition) is 1. The van der Waals surface area contributed by atoms with Crippen molar-refractivity contribution in [1.82, 2.24) is 9.29 Å². The first-order chi connectivity index (χ1) is 15.4. The predicted octanol–water partition coefficient (Wildman–Crippen LogP) is 5.82. The van der Waals surface area contributed by atoms with E-state index in [1.54, 1.807) is 31.4 Å². The Morgan fingerprint density at radius 2 is 1.78 bits per heavy atom. The molecule has 32 heavy (non-hydrogen) atoms. The predicted molar refractivity (Wildman–Crippen MR) is 127 cm³/mol. The number of nitrogens with one attached hydrogen (secondary N) is 1. The van der Waals surface area contributed by atoms with Crippen molar-refractivity contribution in [2.45, 2.75) is 17.4 Å². The molecule has 2 heterocycles. The molecule has 0 saturated carbocycles. The molecule has 3 aromatic carbocycles. The number of methoxy groups -OCH3 is 1. The second-order valence-electron chi connectivity index (χ2n) is 7.68. The number of rotatable bonds is 4. The third kappa shape index (κ3) is 3.48. The van der Waals surface area contributed by atoms with Gasteiger partial charge < -0.3 is 9.72 Å². The molecule has 1 N–H and O–H groups in total. The minimum absolute atomic E-state index is 0.0998. The topological polar surface area (TPSA) is 62.4 Å². The number of halogens is 2. The van der Waals surface area contributed by atoms with Crippen LogP contribution in [0.1, 0.15) is 22.9 Å². The number of benzene rings is 3. The number of sulfonamides is 1. The van der Waals surface area contributed by atoms with Crippen molar-refractivity contribution in [3.8, 4) is 5.75 Å². The molecule has 1 aromatic heterocycles. The maximum atomic E-state index is 13.8. The van der Waals surface area contributed by atoms with Gasteiger partial charge in [-0.2, -0.15) is 4.31 Å². The highest BCUT2D eigenvalue weighted by molar-refractivity contribution is 7.89. The molecule has 0 saturated heterocycles. The zero-order valence-corrected chi connectivity index (χ0v) is 19.5. The summed E-state index contributed by atoms with van der Waals surface area (Å²) in [5.41, 5.74) is 3.68. The molecule has 8 heteroatoms. The van der Waals surface area contributed by atoms with Gasteiger partial charge in [0.05, 0.1) is 18.2 Å². The van der Waals surface area contributed by atoms with Crippen LogP contribution >= 0.6 is 23.2 Å². The standard InChI is InChI=1S/C24H20Cl2N2O3S/c1-31-17-9-6-15(7-10-17)24-23-18(19-14-16(25)8-11-21(19)27-23)12-13-28(24)32(29,30)22-5-3-2-4-20(22)26/h2-11,14,24,27H,12-13H2,1H3. The van der Waals surface area contributed by atoms with Crippen LogP contribution in [0.4, 0.5) is 0 Å². The summed E-state index contributed by atoms with van der Waals surface area (Å²) in [7, 11) is -2.27. The van der Waals surface area contributed by atoms with Gasteiger partial charge in [0.1, 0.15) is 10.6 Å². The molecule has 4 aromatic rings. The molecular weight excluding hydrogens is 467 g/mol. The Hall–Kier alpha value is -2.51. The maximum Gasteiger partial charge on any atom is 0.245 e. The maximum absolute atomic E-state index is 13.8. The van der Waals surface area contributed by atoms with E-state index in [2.05, 4.69) is 4.98 Å². The number of aromatic nitrogens is 1. The number of aromatic amines is 1. The summed E-state index contributed by atoms with van der Waals surface area (Å²) in [6.45, 7) is 0.316. The first-order valence-electron chi connectivity index (χ1n) is 10.1. The van der Waals surface area contributed by atoms with Crippen molar-refractivity contribution in [3.05, 3.63) is 93.6 Å². The fraction of sp³-hybridized carbons (Fsp3) is 0.167. The summed E-state index contributed by atoms with van der Waals surface area (Å²) in [4.78, 5) is 3.56. The van der Waals surface area contributed by atoms with Crippen molar-refractivity contribution in [2.75, 3.05) is 13.7 Å². The highest BCUT2D eigenvalue weighted by Gasteiger charge is 2.40. The van der Waals surface area contributed by atoms with Crippen LogP contribution in [0.3, 0.4) is 0 Å². The first kappa shape index (κ1) is 21.3. The molecule has 5 nitrogen and oxygen atoms in total. The van der Waals surface area contributed by atoms with Crippen molar-refractivity contribution >= 4 is 44.1 Å². The number of H-pyrrole nitrogens is 1. The number of hydrogen-bond acceptors (Lipinski definition) is 3. The molecule has 1 aliphatic rings. The fourth-order valence-electron chi connectivity index (χ4n) is 4.40. The van der Waals surface area contributed by atoms with Gasteiger partial charge >= 0.3 is 0 Å². The van der Waals surface area contributed by atoms with E-state index in [1.165, 1.54) is 4.31 Å². The largest absolute Gasteiger partial charge is 0.497 e. The second kappa shape index (κ2) is 8.12. The van der Waals surface area contributed by atoms with E-state index in [4.69, 9.17) is 27.9 Å². The van der Waals surface area contributed by atoms with Gasteiger partial charge in [0.2, 0.25) is 10.0 Å². The number of nitrogens with zero attached hydrogens (tertiary/aromatic N) is 1. The van der Waals surface area contributed by atoms with Gasteiger partial charge in [-0.1, -0.05) is 47.5 Å². The Bertz CT molecular complexity index is 1420. The highest BCUT2D eigenvalue weighted by Crippen LogP contribution is 2.42. The van der Waals surface area contributed by atoms with E-state index in [9.17, 15) is 8.42 Å². The molecular formula is C24H20Cl2N2O3S. The van der Waals surface area contributed by atoms with E-state index in [0.29, 0.717) is 23.7 Å². The SMILES string of the molecule is COc1ccc(C2c3[nH]c4ccc(Cl)cc4c3CCN2S(=O)(=O)c2ccccc2Cl)cc1. The van der Waals surface area contributed by atoms with Crippen LogP contribution in [0.2, 0.25) is 10.0 Å². The third-order valence-electron chi connectivity index (χ3n) is 5.90. The Morgan fingerprint density at radius 1 is 1.03 bits per heavy atom. The van der Waals surface area contributed by atoms with Crippen LogP contribution < -0.4 is 4.74 Å². The molecule has 0 aliphatic carbocycles. The highest BCUT2D eigenvalue weighted by atomic mass is 35.5. The van der Waals surface area contributed by atoms with Crippen LogP contribution in [0, 0.1) is 0 Å². The van der Waals surface area contributed by atoms with Crippen molar-refractivity contribution in [1.29, 1.82) is 0 Å². The van der Waals surface area contributed by atoms with E-state index in [1.807, 2.05) is 42.5 Å². The van der Waals surface area contributed by atoms with Gasteiger partial charge in [0.25, 0.3) is 0 Å². The van der Waals surface area contributed by atoms with E-state index >= 15 is 0 Å². The van der Waals surface area contributed by atoms with Gasteiger partial charge in [0.15, 0.2) is 0 Å². The van der Waals surface area contributed by atoms with Crippen LogP contribution in [0.15, 0.2) is 71.6 Å². The van der Waals surface area contributed by atoms with Crippen molar-refractivity contribution < 1.29 is 13.2 Å². The minimum atomic E-state index is -3.87. The summed E-state index contributed by atoms with van der Waals surface area (Å²) in [5.74, 6) is 0.703. The van der Waals surface area contributed by atoms with Crippen LogP contribution in [-0.4, -0.2) is 31.4 Å². The summed E-state index contributed by atoms with van der Waals surface area (Å²) in [6, 6.07) is 19.1. The van der Waals surface area contributed by atoms with Gasteiger partial charge in [-0.05, 0) is 60.0 Å². The molecule has 1 unspecified atom stereocenters. The molecule has 0 amide bonds. The zero-order chi connectivity index (χ0) is 22.5. The molecule has 0 radical (unpaired) electrons. The lowest BCUT2D eigenvalue weighted by Crippen LogP contribution is -2.40. The summed E-state index contributed by atoms with van der Waals surface area (Å²) in [6.07, 6.45) is 0.562. The normalized spacial score (nSPS) is 16.8. The van der Waals surface area contributed by atoms with E-state index in [-0.39, 0.29) is 9.92 Å². The summed E-state index contributed by atoms with van der Waals surface area (Å²) in [5, 5.41) is 1.86. The van der Waals surface area contributed by atoms with Crippen LogP contribution in [0.5, 0.6) is 5.75 Å². The number of fused-ring (bicyclic) bond motifs is 3. The third-order valence-corrected chi connectivity index (χ3v) is 8.50. The quantitative estimate of drug-likeness (QED) is 0.395. The number of ether oxygens (including phenoxy) is 1. The Labute approximate surface area is 196 Å². The molecule has 0 bridgehead atoms.